The number of phenols is 1. The number of ether oxygens (including phenoxy) is 2. The first-order valence-corrected chi connectivity index (χ1v) is 16.8. The number of methoxy groups -OCH3 is 2. The van der Waals surface area contributed by atoms with Crippen molar-refractivity contribution in [2.75, 3.05) is 14.2 Å². The molecule has 0 heterocycles. The van der Waals surface area contributed by atoms with E-state index < -0.39 is 11.6 Å². The number of nitrogens with zero attached hydrogens (tertiary/aromatic N) is 1. The highest BCUT2D eigenvalue weighted by molar-refractivity contribution is 5.85. The molecule has 1 atom stereocenters. The number of benzene rings is 4. The number of rotatable bonds is 9. The Kier molecular flexibility index (Phi) is 10.6. The largest absolute Gasteiger partial charge is 0.507 e. The predicted molar refractivity (Wildman–Crippen MR) is 199 cm³/mol. The molecule has 256 valence electrons. The van der Waals surface area contributed by atoms with Crippen LogP contribution in [0, 0.1) is 6.92 Å². The number of aliphatic hydroxyl groups is 1. The molecule has 0 aromatic heterocycles. The SMILES string of the molecule is COc1ccc(C(C)(C)C)cc1C(O)(c1cc(C(C)(C)C)ccc1OC)C(Cc1ccccc1)N=Cc1cc(C)cc(C(C)(C)C)c1O. The van der Waals surface area contributed by atoms with Crippen molar-refractivity contribution >= 4 is 6.21 Å². The van der Waals surface area contributed by atoms with Gasteiger partial charge in [0.15, 0.2) is 0 Å². The Morgan fingerprint density at radius 3 is 1.60 bits per heavy atom. The number of hydrogen-bond acceptors (Lipinski definition) is 5. The van der Waals surface area contributed by atoms with Crippen molar-refractivity contribution in [3.05, 3.63) is 123 Å². The first-order valence-electron chi connectivity index (χ1n) is 16.8. The Balaban J connectivity index is 2.14. The third-order valence-electron chi connectivity index (χ3n) is 9.19. The van der Waals surface area contributed by atoms with Crippen molar-refractivity contribution in [3.8, 4) is 17.2 Å². The fourth-order valence-corrected chi connectivity index (χ4v) is 6.24. The minimum absolute atomic E-state index is 0.193. The van der Waals surface area contributed by atoms with Gasteiger partial charge in [-0.2, -0.15) is 0 Å². The lowest BCUT2D eigenvalue weighted by molar-refractivity contribution is 0.0475. The Hall–Kier alpha value is -4.09. The fourth-order valence-electron chi connectivity index (χ4n) is 6.24. The average Bonchev–Trinajstić information content (AvgIpc) is 3.02. The Morgan fingerprint density at radius 1 is 0.667 bits per heavy atom. The van der Waals surface area contributed by atoms with Gasteiger partial charge in [0.05, 0.1) is 20.3 Å². The van der Waals surface area contributed by atoms with Crippen LogP contribution in [0.5, 0.6) is 17.2 Å². The van der Waals surface area contributed by atoms with E-state index in [-0.39, 0.29) is 22.0 Å². The van der Waals surface area contributed by atoms with E-state index in [1.807, 2.05) is 49.4 Å². The summed E-state index contributed by atoms with van der Waals surface area (Å²) in [6.07, 6.45) is 2.12. The normalized spacial score (nSPS) is 13.5. The molecule has 0 bridgehead atoms. The molecule has 5 nitrogen and oxygen atoms in total. The molecule has 4 rings (SSSR count). The molecule has 4 aromatic carbocycles. The van der Waals surface area contributed by atoms with E-state index >= 15 is 0 Å². The van der Waals surface area contributed by atoms with Gasteiger partial charge in [-0.25, -0.2) is 0 Å². The number of hydrogen-bond donors (Lipinski definition) is 2. The molecule has 5 heteroatoms. The zero-order chi connectivity index (χ0) is 35.7. The zero-order valence-corrected chi connectivity index (χ0v) is 31.0. The van der Waals surface area contributed by atoms with Crippen molar-refractivity contribution in [2.24, 2.45) is 4.99 Å². The summed E-state index contributed by atoms with van der Waals surface area (Å²) in [5.74, 6) is 1.30. The van der Waals surface area contributed by atoms with Gasteiger partial charge in [-0.15, -0.1) is 0 Å². The van der Waals surface area contributed by atoms with Crippen LogP contribution < -0.4 is 9.47 Å². The lowest BCUT2D eigenvalue weighted by Crippen LogP contribution is -2.42. The quantitative estimate of drug-likeness (QED) is 0.177. The van der Waals surface area contributed by atoms with Gasteiger partial charge in [0.25, 0.3) is 0 Å². The Bertz CT molecular complexity index is 1690. The predicted octanol–water partition coefficient (Wildman–Crippen LogP) is 9.58. The molecule has 1 unspecified atom stereocenters. The molecule has 48 heavy (non-hydrogen) atoms. The van der Waals surface area contributed by atoms with Gasteiger partial charge in [0.2, 0.25) is 0 Å². The molecule has 0 aliphatic rings. The van der Waals surface area contributed by atoms with Gasteiger partial charge in [0.1, 0.15) is 22.8 Å². The summed E-state index contributed by atoms with van der Waals surface area (Å²) in [5, 5.41) is 25.2. The van der Waals surface area contributed by atoms with Crippen LogP contribution in [0.4, 0.5) is 0 Å². The van der Waals surface area contributed by atoms with E-state index in [2.05, 4.69) is 98.7 Å². The van der Waals surface area contributed by atoms with E-state index in [9.17, 15) is 10.2 Å². The summed E-state index contributed by atoms with van der Waals surface area (Å²) >= 11 is 0. The number of aliphatic imine (C=N–C) groups is 1. The van der Waals surface area contributed by atoms with Gasteiger partial charge in [0, 0.05) is 28.5 Å². The van der Waals surface area contributed by atoms with Crippen LogP contribution in [-0.4, -0.2) is 36.7 Å². The van der Waals surface area contributed by atoms with Gasteiger partial charge < -0.3 is 19.7 Å². The van der Waals surface area contributed by atoms with Crippen molar-refractivity contribution in [3.63, 3.8) is 0 Å². The molecule has 0 saturated carbocycles. The topological polar surface area (TPSA) is 71.3 Å². The van der Waals surface area contributed by atoms with Crippen LogP contribution in [0.15, 0.2) is 83.9 Å². The van der Waals surface area contributed by atoms with Crippen LogP contribution in [0.25, 0.3) is 0 Å². The highest BCUT2D eigenvalue weighted by atomic mass is 16.5. The zero-order valence-electron chi connectivity index (χ0n) is 31.0. The minimum Gasteiger partial charge on any atom is -0.507 e. The van der Waals surface area contributed by atoms with Crippen molar-refractivity contribution in [2.45, 2.75) is 104 Å². The van der Waals surface area contributed by atoms with Crippen LogP contribution in [0.3, 0.4) is 0 Å². The first kappa shape index (κ1) is 36.7. The summed E-state index contributed by atoms with van der Waals surface area (Å²) in [5.41, 5.74) is 4.39. The maximum absolute atomic E-state index is 13.7. The third kappa shape index (κ3) is 7.79. The van der Waals surface area contributed by atoms with Crippen molar-refractivity contribution in [1.29, 1.82) is 0 Å². The maximum Gasteiger partial charge on any atom is 0.144 e. The van der Waals surface area contributed by atoms with E-state index in [0.717, 1.165) is 27.8 Å². The van der Waals surface area contributed by atoms with E-state index in [1.165, 1.54) is 0 Å². The fraction of sp³-hybridized carbons (Fsp3) is 0.419. The molecule has 0 radical (unpaired) electrons. The Morgan fingerprint density at radius 2 is 1.17 bits per heavy atom. The molecular formula is C43H55NO4. The van der Waals surface area contributed by atoms with Crippen molar-refractivity contribution in [1.82, 2.24) is 0 Å². The molecule has 0 amide bonds. The lowest BCUT2D eigenvalue weighted by atomic mass is 9.73. The standard InChI is InChI=1S/C43H55NO4/c1-28-22-30(39(45)35(23-28)42(8,9)10)27-44-38(24-29-16-14-13-15-17-29)43(46,33-25-31(40(2,3)4)18-20-36(33)47-11)34-26-32(41(5,6)7)19-21-37(34)48-12/h13-23,25-27,38,45-46H,24H2,1-12H3. The molecule has 0 fully saturated rings. The van der Waals surface area contributed by atoms with E-state index in [1.54, 1.807) is 20.4 Å². The second kappa shape index (κ2) is 13.8. The van der Waals surface area contributed by atoms with Crippen LogP contribution in [0.2, 0.25) is 0 Å². The molecule has 2 N–H and O–H groups in total. The van der Waals surface area contributed by atoms with Crippen LogP contribution in [0.1, 0.15) is 107 Å². The third-order valence-corrected chi connectivity index (χ3v) is 9.19. The summed E-state index contributed by atoms with van der Waals surface area (Å²) in [4.78, 5) is 5.23. The first-order chi connectivity index (χ1) is 22.3. The molecular weight excluding hydrogens is 594 g/mol. The highest BCUT2D eigenvalue weighted by Gasteiger charge is 2.45. The van der Waals surface area contributed by atoms with Gasteiger partial charge in [-0.05, 0) is 82.2 Å². The summed E-state index contributed by atoms with van der Waals surface area (Å²) in [6, 6.07) is 25.4. The monoisotopic (exact) mass is 649 g/mol. The lowest BCUT2D eigenvalue weighted by Gasteiger charge is -2.38. The van der Waals surface area contributed by atoms with Gasteiger partial charge >= 0.3 is 0 Å². The smallest absolute Gasteiger partial charge is 0.144 e. The van der Waals surface area contributed by atoms with Crippen LogP contribution in [-0.2, 0) is 28.3 Å². The molecule has 0 aliphatic heterocycles. The summed E-state index contributed by atoms with van der Waals surface area (Å²) in [7, 11) is 3.26. The summed E-state index contributed by atoms with van der Waals surface area (Å²) < 4.78 is 12.0. The molecule has 0 aliphatic carbocycles. The van der Waals surface area contributed by atoms with E-state index in [0.29, 0.717) is 34.6 Å². The van der Waals surface area contributed by atoms with Crippen LogP contribution >= 0.6 is 0 Å². The second-order valence-corrected chi connectivity index (χ2v) is 16.1. The van der Waals surface area contributed by atoms with E-state index in [4.69, 9.17) is 14.5 Å². The van der Waals surface area contributed by atoms with Gasteiger partial charge in [-0.1, -0.05) is 111 Å². The van der Waals surface area contributed by atoms with Gasteiger partial charge in [-0.3, -0.25) is 4.99 Å². The number of aromatic hydroxyl groups is 1. The Labute approximate surface area is 288 Å². The number of aryl methyl sites for hydroxylation is 1. The average molecular weight is 650 g/mol. The second-order valence-electron chi connectivity index (χ2n) is 16.1. The molecule has 0 spiro atoms. The highest BCUT2D eigenvalue weighted by Crippen LogP contribution is 2.47. The maximum atomic E-state index is 13.7. The summed E-state index contributed by atoms with van der Waals surface area (Å²) in [6.45, 7) is 21.2. The molecule has 0 saturated heterocycles. The van der Waals surface area contributed by atoms with Crippen molar-refractivity contribution < 1.29 is 19.7 Å². The number of phenolic OH excluding ortho intramolecular Hbond substituents is 1. The minimum atomic E-state index is -1.72. The molecule has 4 aromatic rings.